The normalized spacial score (nSPS) is 13.8. The number of unbranched alkanes of at least 4 members (excludes halogenated alkanes) is 6. The van der Waals surface area contributed by atoms with Gasteiger partial charge in [0.15, 0.2) is 0 Å². The number of hydrogen-bond acceptors (Lipinski definition) is 3. The molecule has 0 aliphatic heterocycles. The molecule has 0 bridgehead atoms. The minimum absolute atomic E-state index is 0.360. The van der Waals surface area contributed by atoms with Crippen molar-refractivity contribution in [3.63, 3.8) is 0 Å². The summed E-state index contributed by atoms with van der Waals surface area (Å²) in [6, 6.07) is 0. The summed E-state index contributed by atoms with van der Waals surface area (Å²) in [5, 5.41) is 0. The largest absolute Gasteiger partial charge is 0.397 e. The molecule has 0 aliphatic rings. The van der Waals surface area contributed by atoms with Crippen LogP contribution in [0.4, 0.5) is 0 Å². The Bertz CT molecular complexity index is 325. The molecule has 1 N–H and O–H groups in total. The lowest BCUT2D eigenvalue weighted by Gasteiger charge is -2.15. The van der Waals surface area contributed by atoms with Crippen molar-refractivity contribution >= 4 is 10.4 Å². The van der Waals surface area contributed by atoms with Crippen molar-refractivity contribution in [3.8, 4) is 0 Å². The van der Waals surface area contributed by atoms with Gasteiger partial charge in [-0.05, 0) is 18.8 Å². The van der Waals surface area contributed by atoms with Gasteiger partial charge in [0, 0.05) is 0 Å². The van der Waals surface area contributed by atoms with E-state index in [-0.39, 0.29) is 6.10 Å². The highest BCUT2D eigenvalue weighted by Gasteiger charge is 2.16. The Hall–Kier alpha value is -0.130. The third-order valence-corrected chi connectivity index (χ3v) is 4.21. The van der Waals surface area contributed by atoms with Crippen molar-refractivity contribution in [3.05, 3.63) is 0 Å². The van der Waals surface area contributed by atoms with E-state index in [1.54, 1.807) is 0 Å². The molecular weight excluding hydrogens is 288 g/mol. The van der Waals surface area contributed by atoms with Gasteiger partial charge in [0.2, 0.25) is 0 Å². The molecule has 0 fully saturated rings. The summed E-state index contributed by atoms with van der Waals surface area (Å²) in [4.78, 5) is 0. The van der Waals surface area contributed by atoms with E-state index in [1.807, 2.05) is 0 Å². The lowest BCUT2D eigenvalue weighted by molar-refractivity contribution is 0.157. The molecule has 0 saturated carbocycles. The van der Waals surface area contributed by atoms with E-state index in [1.165, 1.54) is 32.1 Å². The predicted molar refractivity (Wildman–Crippen MR) is 87.7 cm³/mol. The van der Waals surface area contributed by atoms with E-state index >= 15 is 0 Å². The number of rotatable bonds is 14. The molecule has 0 aromatic heterocycles. The summed E-state index contributed by atoms with van der Waals surface area (Å²) in [6.45, 7) is 6.59. The highest BCUT2D eigenvalue weighted by Crippen LogP contribution is 2.18. The van der Waals surface area contributed by atoms with Crippen molar-refractivity contribution in [1.29, 1.82) is 0 Å². The second kappa shape index (κ2) is 12.4. The van der Waals surface area contributed by atoms with Crippen molar-refractivity contribution < 1.29 is 17.2 Å². The Morgan fingerprint density at radius 3 is 1.81 bits per heavy atom. The van der Waals surface area contributed by atoms with Crippen LogP contribution in [-0.2, 0) is 14.6 Å². The van der Waals surface area contributed by atoms with Crippen LogP contribution in [0, 0.1) is 5.92 Å². The molecule has 0 rings (SSSR count). The van der Waals surface area contributed by atoms with Crippen LogP contribution in [0.2, 0.25) is 0 Å². The van der Waals surface area contributed by atoms with Gasteiger partial charge in [-0.1, -0.05) is 78.6 Å². The van der Waals surface area contributed by atoms with Crippen LogP contribution in [0.3, 0.4) is 0 Å². The Morgan fingerprint density at radius 2 is 1.33 bits per heavy atom. The van der Waals surface area contributed by atoms with Gasteiger partial charge in [-0.2, -0.15) is 8.42 Å². The number of hydrogen-bond donors (Lipinski definition) is 1. The SMILES string of the molecule is CCCCCCCC(CCCCCC(C)C)OS(=O)(=O)O. The average Bonchev–Trinajstić information content (AvgIpc) is 2.35. The first-order chi connectivity index (χ1) is 9.85. The quantitative estimate of drug-likeness (QED) is 0.355. The topological polar surface area (TPSA) is 63.6 Å². The van der Waals surface area contributed by atoms with Crippen LogP contribution in [0.5, 0.6) is 0 Å². The molecule has 1 atom stereocenters. The molecule has 1 unspecified atom stereocenters. The van der Waals surface area contributed by atoms with E-state index in [0.29, 0.717) is 18.8 Å². The highest BCUT2D eigenvalue weighted by molar-refractivity contribution is 7.80. The van der Waals surface area contributed by atoms with E-state index in [0.717, 1.165) is 25.7 Å². The fourth-order valence-corrected chi connectivity index (χ4v) is 3.03. The summed E-state index contributed by atoms with van der Waals surface area (Å²) in [5.41, 5.74) is 0. The van der Waals surface area contributed by atoms with Gasteiger partial charge < -0.3 is 0 Å². The van der Waals surface area contributed by atoms with Gasteiger partial charge in [0.05, 0.1) is 6.10 Å². The van der Waals surface area contributed by atoms with Gasteiger partial charge in [0.25, 0.3) is 0 Å². The molecule has 21 heavy (non-hydrogen) atoms. The lowest BCUT2D eigenvalue weighted by atomic mass is 10.0. The minimum Gasteiger partial charge on any atom is -0.264 e. The van der Waals surface area contributed by atoms with Crippen molar-refractivity contribution in [1.82, 2.24) is 0 Å². The molecule has 0 amide bonds. The Balaban J connectivity index is 3.92. The van der Waals surface area contributed by atoms with Crippen molar-refractivity contribution in [2.45, 2.75) is 97.5 Å². The molecule has 0 aromatic carbocycles. The van der Waals surface area contributed by atoms with Crippen LogP contribution in [-0.4, -0.2) is 19.1 Å². The smallest absolute Gasteiger partial charge is 0.264 e. The maximum absolute atomic E-state index is 10.9. The molecule has 0 radical (unpaired) electrons. The van der Waals surface area contributed by atoms with Crippen LogP contribution in [0.1, 0.15) is 91.4 Å². The minimum atomic E-state index is -4.33. The Labute approximate surface area is 131 Å². The van der Waals surface area contributed by atoms with Gasteiger partial charge in [0.1, 0.15) is 0 Å². The first kappa shape index (κ1) is 20.9. The lowest BCUT2D eigenvalue weighted by Crippen LogP contribution is -2.18. The first-order valence-electron chi connectivity index (χ1n) is 8.50. The zero-order valence-corrected chi connectivity index (χ0v) is 14.8. The van der Waals surface area contributed by atoms with Gasteiger partial charge in [-0.15, -0.1) is 0 Å². The van der Waals surface area contributed by atoms with E-state index in [2.05, 4.69) is 20.8 Å². The molecular formula is C16H34O4S. The zero-order valence-electron chi connectivity index (χ0n) is 14.0. The molecule has 0 spiro atoms. The molecule has 4 nitrogen and oxygen atoms in total. The fourth-order valence-electron chi connectivity index (χ4n) is 2.49. The fraction of sp³-hybridized carbons (Fsp3) is 1.00. The monoisotopic (exact) mass is 322 g/mol. The summed E-state index contributed by atoms with van der Waals surface area (Å²) < 4.78 is 35.4. The van der Waals surface area contributed by atoms with Crippen LogP contribution in [0.15, 0.2) is 0 Å². The second-order valence-electron chi connectivity index (χ2n) is 6.38. The Kier molecular flexibility index (Phi) is 12.3. The van der Waals surface area contributed by atoms with Crippen LogP contribution >= 0.6 is 0 Å². The first-order valence-corrected chi connectivity index (χ1v) is 9.87. The predicted octanol–water partition coefficient (Wildman–Crippen LogP) is 5.14. The standard InChI is InChI=1S/C16H34O4S/c1-4-5-6-7-10-13-16(20-21(17,18)19)14-11-8-9-12-15(2)3/h15-16H,4-14H2,1-3H3,(H,17,18,19). The summed E-state index contributed by atoms with van der Waals surface area (Å²) in [7, 11) is -4.33. The van der Waals surface area contributed by atoms with E-state index in [9.17, 15) is 8.42 Å². The third kappa shape index (κ3) is 16.1. The van der Waals surface area contributed by atoms with E-state index in [4.69, 9.17) is 8.74 Å². The summed E-state index contributed by atoms with van der Waals surface area (Å²) in [5.74, 6) is 0.716. The second-order valence-corrected chi connectivity index (χ2v) is 7.43. The van der Waals surface area contributed by atoms with Crippen LogP contribution < -0.4 is 0 Å². The molecule has 0 aliphatic carbocycles. The summed E-state index contributed by atoms with van der Waals surface area (Å²) >= 11 is 0. The third-order valence-electron chi connectivity index (χ3n) is 3.69. The van der Waals surface area contributed by atoms with Gasteiger partial charge in [-0.3, -0.25) is 4.55 Å². The molecule has 0 aromatic rings. The van der Waals surface area contributed by atoms with Crippen molar-refractivity contribution in [2.75, 3.05) is 0 Å². The van der Waals surface area contributed by atoms with Gasteiger partial charge in [-0.25, -0.2) is 4.18 Å². The molecule has 0 saturated heterocycles. The molecule has 5 heteroatoms. The van der Waals surface area contributed by atoms with Gasteiger partial charge >= 0.3 is 10.4 Å². The van der Waals surface area contributed by atoms with E-state index < -0.39 is 10.4 Å². The maximum atomic E-state index is 10.9. The molecule has 0 heterocycles. The average molecular weight is 323 g/mol. The Morgan fingerprint density at radius 1 is 0.857 bits per heavy atom. The van der Waals surface area contributed by atoms with Crippen molar-refractivity contribution in [2.24, 2.45) is 5.92 Å². The van der Waals surface area contributed by atoms with Crippen LogP contribution in [0.25, 0.3) is 0 Å². The zero-order chi connectivity index (χ0) is 16.1. The highest BCUT2D eigenvalue weighted by atomic mass is 32.3. The molecule has 128 valence electrons. The maximum Gasteiger partial charge on any atom is 0.397 e. The summed E-state index contributed by atoms with van der Waals surface area (Å²) in [6.07, 6.45) is 11.2.